The Bertz CT molecular complexity index is 1050. The molecule has 1 saturated heterocycles. The zero-order valence-corrected chi connectivity index (χ0v) is 16.7. The molecule has 168 valence electrons. The van der Waals surface area contributed by atoms with Crippen LogP contribution in [0.15, 0.2) is 59.6 Å². The number of hydrogen-bond donors (Lipinski definition) is 1. The van der Waals surface area contributed by atoms with Crippen LogP contribution in [0.2, 0.25) is 0 Å². The minimum absolute atomic E-state index is 0.153. The summed E-state index contributed by atoms with van der Waals surface area (Å²) in [5.74, 6) is -4.12. The van der Waals surface area contributed by atoms with E-state index in [9.17, 15) is 27.2 Å². The number of alkyl halides is 3. The molecule has 0 radical (unpaired) electrons. The van der Waals surface area contributed by atoms with Gasteiger partial charge in [-0.2, -0.15) is 13.2 Å². The molecule has 10 heteroatoms. The molecule has 2 aromatic carbocycles. The van der Waals surface area contributed by atoms with Gasteiger partial charge in [-0.05, 0) is 25.0 Å². The number of amides is 2. The highest BCUT2D eigenvalue weighted by Gasteiger charge is 2.67. The Hall–Kier alpha value is -3.27. The fourth-order valence-corrected chi connectivity index (χ4v) is 3.74. The monoisotopic (exact) mass is 449 g/mol. The number of amidine groups is 1. The molecule has 0 aromatic heterocycles. The van der Waals surface area contributed by atoms with E-state index < -0.39 is 41.1 Å². The molecule has 6 nitrogen and oxygen atoms in total. The molecule has 0 bridgehead atoms. The second-order valence-electron chi connectivity index (χ2n) is 7.49. The fraction of sp³-hybridized carbons (Fsp3) is 0.318. The van der Waals surface area contributed by atoms with Crippen molar-refractivity contribution >= 4 is 17.6 Å². The SMILES string of the molecule is O=C(NC1(C(F)(F)F)N=C(c2ccccc2)N(CC2CCCO2)C1=O)c1ccccc1F. The smallest absolute Gasteiger partial charge is 0.376 e. The third-order valence-corrected chi connectivity index (χ3v) is 5.35. The second kappa shape index (κ2) is 8.34. The van der Waals surface area contributed by atoms with E-state index in [-0.39, 0.29) is 17.9 Å². The zero-order valence-electron chi connectivity index (χ0n) is 16.7. The molecule has 1 N–H and O–H groups in total. The van der Waals surface area contributed by atoms with E-state index in [1.165, 1.54) is 24.3 Å². The lowest BCUT2D eigenvalue weighted by atomic mass is 10.1. The molecular weight excluding hydrogens is 430 g/mol. The van der Waals surface area contributed by atoms with Crippen molar-refractivity contribution in [3.8, 4) is 0 Å². The van der Waals surface area contributed by atoms with Crippen LogP contribution in [0.4, 0.5) is 17.6 Å². The molecule has 0 saturated carbocycles. The van der Waals surface area contributed by atoms with Gasteiger partial charge in [0.25, 0.3) is 11.8 Å². The average molecular weight is 449 g/mol. The van der Waals surface area contributed by atoms with Crippen LogP contribution in [0.3, 0.4) is 0 Å². The summed E-state index contributed by atoms with van der Waals surface area (Å²) in [6.45, 7) is 0.291. The fourth-order valence-electron chi connectivity index (χ4n) is 3.74. The Balaban J connectivity index is 1.78. The van der Waals surface area contributed by atoms with Crippen molar-refractivity contribution in [2.75, 3.05) is 13.2 Å². The van der Waals surface area contributed by atoms with Gasteiger partial charge in [-0.25, -0.2) is 9.38 Å². The van der Waals surface area contributed by atoms with Crippen LogP contribution in [0, 0.1) is 5.82 Å². The maximum absolute atomic E-state index is 14.3. The Morgan fingerprint density at radius 1 is 1.16 bits per heavy atom. The summed E-state index contributed by atoms with van der Waals surface area (Å²) < 4.78 is 62.5. The van der Waals surface area contributed by atoms with Crippen LogP contribution in [-0.4, -0.2) is 53.6 Å². The molecule has 1 fully saturated rings. The van der Waals surface area contributed by atoms with Gasteiger partial charge in [0, 0.05) is 12.2 Å². The van der Waals surface area contributed by atoms with Gasteiger partial charge in [-0.3, -0.25) is 14.5 Å². The van der Waals surface area contributed by atoms with Crippen molar-refractivity contribution in [2.45, 2.75) is 30.8 Å². The lowest BCUT2D eigenvalue weighted by Crippen LogP contribution is -2.63. The van der Waals surface area contributed by atoms with E-state index in [1.807, 2.05) is 0 Å². The third kappa shape index (κ3) is 3.86. The number of hydrogen-bond acceptors (Lipinski definition) is 4. The van der Waals surface area contributed by atoms with Gasteiger partial charge in [0.15, 0.2) is 0 Å². The first kappa shape index (κ1) is 21.9. The highest BCUT2D eigenvalue weighted by molar-refractivity contribution is 6.16. The predicted octanol–water partition coefficient (Wildman–Crippen LogP) is 3.28. The van der Waals surface area contributed by atoms with Gasteiger partial charge < -0.3 is 10.1 Å². The number of halogens is 4. The summed E-state index contributed by atoms with van der Waals surface area (Å²) >= 11 is 0. The molecule has 0 aliphatic carbocycles. The maximum Gasteiger partial charge on any atom is 0.442 e. The minimum atomic E-state index is -5.28. The average Bonchev–Trinajstić information content (AvgIpc) is 3.37. The van der Waals surface area contributed by atoms with E-state index in [1.54, 1.807) is 23.5 Å². The standard InChI is InChI=1S/C22H19F4N3O3/c23-17-11-5-4-10-16(17)19(30)28-21(22(24,25)26)20(31)29(13-15-9-6-12-32-15)18(27-21)14-7-2-1-3-8-14/h1-5,7-8,10-11,15H,6,9,12-13H2,(H,28,30). The van der Waals surface area contributed by atoms with Crippen molar-refractivity contribution < 1.29 is 31.9 Å². The van der Waals surface area contributed by atoms with Crippen LogP contribution >= 0.6 is 0 Å². The first-order chi connectivity index (χ1) is 15.2. The predicted molar refractivity (Wildman–Crippen MR) is 106 cm³/mol. The Kier molecular flexibility index (Phi) is 5.72. The summed E-state index contributed by atoms with van der Waals surface area (Å²) in [7, 11) is 0. The van der Waals surface area contributed by atoms with Gasteiger partial charge in [-0.15, -0.1) is 0 Å². The van der Waals surface area contributed by atoms with E-state index in [4.69, 9.17) is 4.74 Å². The molecule has 0 spiro atoms. The topological polar surface area (TPSA) is 71.0 Å². The summed E-state index contributed by atoms with van der Waals surface area (Å²) in [4.78, 5) is 30.4. The number of benzene rings is 2. The van der Waals surface area contributed by atoms with Gasteiger partial charge in [0.2, 0.25) is 0 Å². The summed E-state index contributed by atoms with van der Waals surface area (Å²) in [5, 5.41) is 1.67. The van der Waals surface area contributed by atoms with Gasteiger partial charge >= 0.3 is 11.8 Å². The van der Waals surface area contributed by atoms with Crippen LogP contribution in [0.1, 0.15) is 28.8 Å². The molecule has 32 heavy (non-hydrogen) atoms. The molecular formula is C22H19F4N3O3. The Labute approximate surface area is 180 Å². The van der Waals surface area contributed by atoms with Crippen LogP contribution in [0.25, 0.3) is 0 Å². The number of carbonyl (C=O) groups excluding carboxylic acids is 2. The molecule has 2 aliphatic rings. The number of rotatable bonds is 5. The number of carbonyl (C=O) groups is 2. The second-order valence-corrected chi connectivity index (χ2v) is 7.49. The summed E-state index contributed by atoms with van der Waals surface area (Å²) in [6, 6.07) is 12.4. The van der Waals surface area contributed by atoms with E-state index in [0.717, 1.165) is 23.5 Å². The van der Waals surface area contributed by atoms with Gasteiger partial charge in [0.1, 0.15) is 11.7 Å². The highest BCUT2D eigenvalue weighted by Crippen LogP contribution is 2.39. The number of nitrogens with one attached hydrogen (secondary N) is 1. The van der Waals surface area contributed by atoms with Crippen LogP contribution < -0.4 is 5.32 Å². The Morgan fingerprint density at radius 3 is 2.47 bits per heavy atom. The first-order valence-electron chi connectivity index (χ1n) is 9.95. The third-order valence-electron chi connectivity index (χ3n) is 5.35. The van der Waals surface area contributed by atoms with Crippen molar-refractivity contribution in [3.05, 3.63) is 71.5 Å². The molecule has 2 atom stereocenters. The molecule has 2 aromatic rings. The van der Waals surface area contributed by atoms with Crippen molar-refractivity contribution in [1.29, 1.82) is 0 Å². The first-order valence-corrected chi connectivity index (χ1v) is 9.95. The van der Waals surface area contributed by atoms with Gasteiger partial charge in [-0.1, -0.05) is 42.5 Å². The van der Waals surface area contributed by atoms with Gasteiger partial charge in [0.05, 0.1) is 18.2 Å². The van der Waals surface area contributed by atoms with Crippen LogP contribution in [-0.2, 0) is 9.53 Å². The number of nitrogens with zero attached hydrogens (tertiary/aromatic N) is 2. The quantitative estimate of drug-likeness (QED) is 0.713. The molecule has 2 heterocycles. The molecule has 2 amide bonds. The van der Waals surface area contributed by atoms with Crippen molar-refractivity contribution in [2.24, 2.45) is 4.99 Å². The summed E-state index contributed by atoms with van der Waals surface area (Å²) in [6.07, 6.45) is -4.44. The van der Waals surface area contributed by atoms with Crippen molar-refractivity contribution in [1.82, 2.24) is 10.2 Å². The highest BCUT2D eigenvalue weighted by atomic mass is 19.4. The normalized spacial score (nSPS) is 23.4. The Morgan fingerprint density at radius 2 is 1.84 bits per heavy atom. The van der Waals surface area contributed by atoms with E-state index in [2.05, 4.69) is 4.99 Å². The lowest BCUT2D eigenvalue weighted by Gasteiger charge is -2.30. The number of ether oxygens (including phenoxy) is 1. The van der Waals surface area contributed by atoms with E-state index >= 15 is 0 Å². The number of aliphatic imine (C=N–C) groups is 1. The molecule has 2 aliphatic heterocycles. The van der Waals surface area contributed by atoms with Crippen LogP contribution in [0.5, 0.6) is 0 Å². The lowest BCUT2D eigenvalue weighted by molar-refractivity contribution is -0.196. The van der Waals surface area contributed by atoms with Crippen molar-refractivity contribution in [3.63, 3.8) is 0 Å². The molecule has 4 rings (SSSR count). The maximum atomic E-state index is 14.3. The largest absolute Gasteiger partial charge is 0.442 e. The molecule has 2 unspecified atom stereocenters. The minimum Gasteiger partial charge on any atom is -0.376 e. The zero-order chi connectivity index (χ0) is 22.9. The van der Waals surface area contributed by atoms with E-state index in [0.29, 0.717) is 13.0 Å². The summed E-state index contributed by atoms with van der Waals surface area (Å²) in [5.41, 5.74) is -3.95.